The van der Waals surface area contributed by atoms with Gasteiger partial charge >= 0.3 is 5.91 Å². The van der Waals surface area contributed by atoms with Crippen molar-refractivity contribution in [2.24, 2.45) is 5.92 Å². The first-order valence-corrected chi connectivity index (χ1v) is 7.39. The van der Waals surface area contributed by atoms with Crippen LogP contribution in [0.2, 0.25) is 0 Å². The predicted octanol–water partition coefficient (Wildman–Crippen LogP) is 3.82. The molecule has 0 bridgehead atoms. The number of amides is 1. The lowest BCUT2D eigenvalue weighted by atomic mass is 10.1. The number of hydrogen-bond donors (Lipinski definition) is 0. The van der Waals surface area contributed by atoms with Crippen LogP contribution in [-0.2, 0) is 11.2 Å². The van der Waals surface area contributed by atoms with E-state index in [0.29, 0.717) is 10.4 Å². The van der Waals surface area contributed by atoms with Crippen LogP contribution in [0.1, 0.15) is 18.4 Å². The van der Waals surface area contributed by atoms with Crippen molar-refractivity contribution in [2.45, 2.75) is 19.3 Å². The molecular formula is C18H18NO+. The monoisotopic (exact) mass is 264 g/mol. The van der Waals surface area contributed by atoms with Gasteiger partial charge in [0.25, 0.3) is 0 Å². The van der Waals surface area contributed by atoms with Gasteiger partial charge in [0.2, 0.25) is 0 Å². The normalized spacial score (nSPS) is 24.4. The third-order valence-corrected chi connectivity index (χ3v) is 4.62. The van der Waals surface area contributed by atoms with Gasteiger partial charge in [0.05, 0.1) is 12.5 Å². The maximum Gasteiger partial charge on any atom is 0.326 e. The minimum atomic E-state index is 0.265. The number of nitrogens with zero attached hydrogens (tertiary/aromatic N) is 1. The summed E-state index contributed by atoms with van der Waals surface area (Å²) in [4.78, 5) is 13.1. The number of fused-ring (bicyclic) bond motifs is 1. The highest BCUT2D eigenvalue weighted by molar-refractivity contribution is 5.99. The van der Waals surface area contributed by atoms with Gasteiger partial charge in [0.15, 0.2) is 0 Å². The van der Waals surface area contributed by atoms with Gasteiger partial charge in [-0.3, -0.25) is 0 Å². The van der Waals surface area contributed by atoms with Crippen LogP contribution < -0.4 is 4.48 Å². The molecule has 1 aliphatic carbocycles. The zero-order valence-corrected chi connectivity index (χ0v) is 11.5. The molecule has 0 aromatic heterocycles. The average molecular weight is 264 g/mol. The first-order chi connectivity index (χ1) is 9.82. The van der Waals surface area contributed by atoms with Crippen molar-refractivity contribution in [3.63, 3.8) is 0 Å². The molecule has 2 aromatic carbocycles. The fourth-order valence-corrected chi connectivity index (χ4v) is 3.45. The van der Waals surface area contributed by atoms with E-state index in [1.807, 2.05) is 18.2 Å². The first-order valence-electron chi connectivity index (χ1n) is 7.39. The van der Waals surface area contributed by atoms with Crippen LogP contribution in [0.25, 0.3) is 0 Å². The van der Waals surface area contributed by atoms with Gasteiger partial charge in [-0.1, -0.05) is 36.4 Å². The molecule has 20 heavy (non-hydrogen) atoms. The lowest BCUT2D eigenvalue weighted by molar-refractivity contribution is -0.128. The topological polar surface area (TPSA) is 17.1 Å². The molecule has 0 saturated heterocycles. The third-order valence-electron chi connectivity index (χ3n) is 4.62. The Morgan fingerprint density at radius 3 is 2.40 bits per heavy atom. The Morgan fingerprint density at radius 2 is 1.65 bits per heavy atom. The Hall–Kier alpha value is -1.93. The summed E-state index contributed by atoms with van der Waals surface area (Å²) in [5, 5.41) is 0. The average Bonchev–Trinajstić information content (AvgIpc) is 3.28. The fourth-order valence-electron chi connectivity index (χ4n) is 3.45. The van der Waals surface area contributed by atoms with E-state index >= 15 is 0 Å². The number of hydrogen-bond acceptors (Lipinski definition) is 1. The molecule has 1 aliphatic heterocycles. The van der Waals surface area contributed by atoms with Crippen molar-refractivity contribution in [3.05, 3.63) is 60.2 Å². The van der Waals surface area contributed by atoms with Crippen molar-refractivity contribution < 1.29 is 4.79 Å². The predicted molar refractivity (Wildman–Crippen MR) is 80.6 cm³/mol. The second-order valence-electron chi connectivity index (χ2n) is 5.86. The molecule has 0 spiro atoms. The number of carbonyl (C=O) groups is 1. The molecule has 0 radical (unpaired) electrons. The summed E-state index contributed by atoms with van der Waals surface area (Å²) in [5.41, 5.74) is 3.63. The minimum absolute atomic E-state index is 0.265. The van der Waals surface area contributed by atoms with E-state index in [1.165, 1.54) is 11.3 Å². The van der Waals surface area contributed by atoms with E-state index in [9.17, 15) is 4.79 Å². The highest BCUT2D eigenvalue weighted by Crippen LogP contribution is 2.47. The van der Waals surface area contributed by atoms with Crippen LogP contribution in [0, 0.1) is 5.92 Å². The summed E-state index contributed by atoms with van der Waals surface area (Å²) in [6.45, 7) is 0.874. The number of carbonyl (C=O) groups excluding carboxylic acids is 1. The van der Waals surface area contributed by atoms with E-state index in [0.717, 1.165) is 31.5 Å². The zero-order chi connectivity index (χ0) is 13.6. The molecular weight excluding hydrogens is 246 g/mol. The van der Waals surface area contributed by atoms with Crippen molar-refractivity contribution >= 4 is 17.3 Å². The molecule has 1 atom stereocenters. The summed E-state index contributed by atoms with van der Waals surface area (Å²) >= 11 is 0. The van der Waals surface area contributed by atoms with Gasteiger partial charge in [0, 0.05) is 30.2 Å². The molecule has 1 saturated carbocycles. The van der Waals surface area contributed by atoms with Gasteiger partial charge in [-0.05, 0) is 12.8 Å². The molecule has 100 valence electrons. The third kappa shape index (κ3) is 1.58. The Balaban J connectivity index is 1.93. The largest absolute Gasteiger partial charge is 0.326 e. The van der Waals surface area contributed by atoms with Crippen LogP contribution >= 0.6 is 0 Å². The Morgan fingerprint density at radius 1 is 0.950 bits per heavy atom. The SMILES string of the molecule is O=C(C1CC1)[N+]1(c2ccccc2)CCc2ccccc21. The van der Waals surface area contributed by atoms with Gasteiger partial charge in [-0.2, -0.15) is 4.48 Å². The Labute approximate surface area is 119 Å². The molecule has 4 rings (SSSR count). The van der Waals surface area contributed by atoms with E-state index in [1.54, 1.807) is 0 Å². The number of quaternary nitrogens is 1. The molecule has 1 heterocycles. The smallest absolute Gasteiger partial charge is 0.230 e. The minimum Gasteiger partial charge on any atom is -0.230 e. The molecule has 1 amide bonds. The van der Waals surface area contributed by atoms with Gasteiger partial charge in [-0.15, -0.1) is 0 Å². The van der Waals surface area contributed by atoms with Gasteiger partial charge in [0.1, 0.15) is 11.4 Å². The number of rotatable bonds is 2. The van der Waals surface area contributed by atoms with Crippen molar-refractivity contribution in [1.29, 1.82) is 0 Å². The first kappa shape index (κ1) is 11.9. The maximum atomic E-state index is 13.1. The molecule has 2 nitrogen and oxygen atoms in total. The van der Waals surface area contributed by atoms with Crippen LogP contribution in [-0.4, -0.2) is 12.5 Å². The summed E-state index contributed by atoms with van der Waals surface area (Å²) in [7, 11) is 0. The molecule has 1 unspecified atom stereocenters. The van der Waals surface area contributed by atoms with E-state index < -0.39 is 0 Å². The van der Waals surface area contributed by atoms with Gasteiger partial charge < -0.3 is 0 Å². The van der Waals surface area contributed by atoms with Crippen molar-refractivity contribution in [3.8, 4) is 0 Å². The second kappa shape index (κ2) is 4.29. The summed E-state index contributed by atoms with van der Waals surface area (Å²) in [5.74, 6) is 0.655. The number of benzene rings is 2. The maximum absolute atomic E-state index is 13.1. The lowest BCUT2D eigenvalue weighted by Crippen LogP contribution is -2.49. The summed E-state index contributed by atoms with van der Waals surface area (Å²) in [6, 6.07) is 18.7. The number of para-hydroxylation sites is 2. The van der Waals surface area contributed by atoms with E-state index in [-0.39, 0.29) is 5.92 Å². The van der Waals surface area contributed by atoms with Crippen LogP contribution in [0.3, 0.4) is 0 Å². The van der Waals surface area contributed by atoms with Crippen LogP contribution in [0.4, 0.5) is 11.4 Å². The quantitative estimate of drug-likeness (QED) is 0.754. The molecule has 1 fully saturated rings. The summed E-state index contributed by atoms with van der Waals surface area (Å²) in [6.07, 6.45) is 3.12. The molecule has 2 aliphatic rings. The Kier molecular flexibility index (Phi) is 2.54. The standard InChI is InChI=1S/C18H18NO/c20-18(15-10-11-15)19(16-7-2-1-3-8-16)13-12-14-6-4-5-9-17(14)19/h1-9,15H,10-13H2/q+1. The highest BCUT2D eigenvalue weighted by atomic mass is 16.2. The van der Waals surface area contributed by atoms with E-state index in [2.05, 4.69) is 36.4 Å². The lowest BCUT2D eigenvalue weighted by Gasteiger charge is -2.31. The van der Waals surface area contributed by atoms with Crippen molar-refractivity contribution in [2.75, 3.05) is 6.54 Å². The van der Waals surface area contributed by atoms with Crippen molar-refractivity contribution in [1.82, 2.24) is 4.48 Å². The van der Waals surface area contributed by atoms with E-state index in [4.69, 9.17) is 0 Å². The van der Waals surface area contributed by atoms with Crippen LogP contribution in [0.15, 0.2) is 54.6 Å². The fraction of sp³-hybridized carbons (Fsp3) is 0.278. The van der Waals surface area contributed by atoms with Crippen LogP contribution in [0.5, 0.6) is 0 Å². The van der Waals surface area contributed by atoms with Gasteiger partial charge in [-0.25, -0.2) is 4.79 Å². The summed E-state index contributed by atoms with van der Waals surface area (Å²) < 4.78 is 0.432. The molecule has 2 heteroatoms. The molecule has 2 aromatic rings. The Bertz CT molecular complexity index is 660. The molecule has 0 N–H and O–H groups in total. The second-order valence-corrected chi connectivity index (χ2v) is 5.86. The highest BCUT2D eigenvalue weighted by Gasteiger charge is 2.52. The zero-order valence-electron chi connectivity index (χ0n) is 11.5.